The Bertz CT molecular complexity index is 589. The van der Waals surface area contributed by atoms with Crippen molar-refractivity contribution in [3.8, 4) is 0 Å². The van der Waals surface area contributed by atoms with Gasteiger partial charge in [-0.05, 0) is 32.0 Å². The zero-order valence-electron chi connectivity index (χ0n) is 11.2. The van der Waals surface area contributed by atoms with E-state index in [2.05, 4.69) is 22.4 Å². The molecule has 6 heteroatoms. The summed E-state index contributed by atoms with van der Waals surface area (Å²) in [7, 11) is 0. The summed E-state index contributed by atoms with van der Waals surface area (Å²) in [4.78, 5) is 5.03. The molecule has 4 nitrogen and oxygen atoms in total. The molecule has 1 aromatic heterocycles. The van der Waals surface area contributed by atoms with Crippen molar-refractivity contribution in [2.24, 2.45) is 0 Å². The molecule has 2 unspecified atom stereocenters. The fraction of sp³-hybridized carbons (Fsp3) is 0.429. The molecule has 1 saturated heterocycles. The predicted octanol–water partition coefficient (Wildman–Crippen LogP) is 2.97. The van der Waals surface area contributed by atoms with Crippen LogP contribution in [0.2, 0.25) is 0 Å². The maximum absolute atomic E-state index is 13.5. The van der Waals surface area contributed by atoms with Crippen molar-refractivity contribution >= 4 is 11.8 Å². The summed E-state index contributed by atoms with van der Waals surface area (Å²) in [6.45, 7) is 3.10. The van der Waals surface area contributed by atoms with Crippen LogP contribution < -0.4 is 5.32 Å². The average Bonchev–Trinajstić information content (AvgIpc) is 3.06. The summed E-state index contributed by atoms with van der Waals surface area (Å²) in [6, 6.07) is 7.07. The molecule has 2 atom stereocenters. The minimum absolute atomic E-state index is 0.213. The van der Waals surface area contributed by atoms with E-state index in [-0.39, 0.29) is 11.7 Å². The molecule has 20 heavy (non-hydrogen) atoms. The first kappa shape index (κ1) is 13.6. The monoisotopic (exact) mass is 293 g/mol. The van der Waals surface area contributed by atoms with E-state index >= 15 is 0 Å². The maximum Gasteiger partial charge on any atom is 0.231 e. The van der Waals surface area contributed by atoms with Crippen LogP contribution in [-0.4, -0.2) is 22.7 Å². The average molecular weight is 293 g/mol. The first-order valence-electron chi connectivity index (χ1n) is 6.67. The highest BCUT2D eigenvalue weighted by Gasteiger charge is 2.29. The Kier molecular flexibility index (Phi) is 4.03. The molecule has 0 bridgehead atoms. The third kappa shape index (κ3) is 2.86. The summed E-state index contributed by atoms with van der Waals surface area (Å²) in [5.74, 6) is 1.89. The Hall–Kier alpha value is -1.40. The van der Waals surface area contributed by atoms with Crippen LogP contribution in [0.1, 0.15) is 31.0 Å². The highest BCUT2D eigenvalue weighted by Crippen LogP contribution is 2.28. The number of nitrogens with zero attached hydrogens (tertiary/aromatic N) is 2. The van der Waals surface area contributed by atoms with Crippen LogP contribution in [0.4, 0.5) is 4.39 Å². The van der Waals surface area contributed by atoms with Gasteiger partial charge in [-0.15, -0.1) is 11.8 Å². The van der Waals surface area contributed by atoms with Crippen molar-refractivity contribution in [2.75, 3.05) is 6.54 Å². The highest BCUT2D eigenvalue weighted by molar-refractivity contribution is 7.98. The zero-order chi connectivity index (χ0) is 13.9. The topological polar surface area (TPSA) is 51.0 Å². The molecule has 1 N–H and O–H groups in total. The van der Waals surface area contributed by atoms with Crippen molar-refractivity contribution in [2.45, 2.75) is 36.0 Å². The second-order valence-corrected chi connectivity index (χ2v) is 5.92. The van der Waals surface area contributed by atoms with Crippen LogP contribution in [0.15, 0.2) is 33.7 Å². The molecule has 2 aromatic rings. The van der Waals surface area contributed by atoms with Crippen molar-refractivity contribution in [3.05, 3.63) is 41.8 Å². The Morgan fingerprint density at radius 3 is 3.05 bits per heavy atom. The molecule has 0 aliphatic carbocycles. The summed E-state index contributed by atoms with van der Waals surface area (Å²) in [5.41, 5.74) is 0. The normalized spacial score (nSPS) is 22.3. The Morgan fingerprint density at radius 1 is 1.45 bits per heavy atom. The summed E-state index contributed by atoms with van der Waals surface area (Å²) in [5, 5.41) is 7.34. The first-order valence-corrected chi connectivity index (χ1v) is 7.66. The van der Waals surface area contributed by atoms with E-state index in [4.69, 9.17) is 4.52 Å². The number of thioether (sulfide) groups is 1. The first-order chi connectivity index (χ1) is 9.74. The molecule has 1 aromatic carbocycles. The molecule has 1 fully saturated rings. The van der Waals surface area contributed by atoms with Gasteiger partial charge in [0.15, 0.2) is 5.82 Å². The van der Waals surface area contributed by atoms with Gasteiger partial charge in [0.1, 0.15) is 5.82 Å². The summed E-state index contributed by atoms with van der Waals surface area (Å²) < 4.78 is 18.8. The van der Waals surface area contributed by atoms with E-state index in [1.807, 2.05) is 6.07 Å². The lowest BCUT2D eigenvalue weighted by atomic mass is 10.0. The van der Waals surface area contributed by atoms with Gasteiger partial charge < -0.3 is 9.84 Å². The molecule has 0 amide bonds. The lowest BCUT2D eigenvalue weighted by Gasteiger charge is -2.08. The van der Waals surface area contributed by atoms with Gasteiger partial charge in [-0.25, -0.2) is 4.39 Å². The Morgan fingerprint density at radius 2 is 2.30 bits per heavy atom. The van der Waals surface area contributed by atoms with E-state index in [0.717, 1.165) is 13.0 Å². The van der Waals surface area contributed by atoms with Gasteiger partial charge in [-0.1, -0.05) is 17.3 Å². The number of rotatable bonds is 4. The Labute approximate surface area is 121 Å². The largest absolute Gasteiger partial charge is 0.339 e. The van der Waals surface area contributed by atoms with Gasteiger partial charge in [0.25, 0.3) is 0 Å². The number of benzene rings is 1. The van der Waals surface area contributed by atoms with Crippen LogP contribution in [0.25, 0.3) is 0 Å². The smallest absolute Gasteiger partial charge is 0.231 e. The molecule has 3 rings (SSSR count). The minimum Gasteiger partial charge on any atom is -0.339 e. The second-order valence-electron chi connectivity index (χ2n) is 4.91. The lowest BCUT2D eigenvalue weighted by molar-refractivity contribution is 0.342. The van der Waals surface area contributed by atoms with Crippen molar-refractivity contribution in [1.82, 2.24) is 15.5 Å². The Balaban J connectivity index is 1.64. The predicted molar refractivity (Wildman–Crippen MR) is 75.1 cm³/mol. The van der Waals surface area contributed by atoms with E-state index in [9.17, 15) is 4.39 Å². The molecule has 2 heterocycles. The molecule has 0 spiro atoms. The number of hydrogen-bond donors (Lipinski definition) is 1. The van der Waals surface area contributed by atoms with Gasteiger partial charge in [0.2, 0.25) is 5.89 Å². The van der Waals surface area contributed by atoms with Crippen molar-refractivity contribution < 1.29 is 8.91 Å². The van der Waals surface area contributed by atoms with Gasteiger partial charge in [-0.2, -0.15) is 4.98 Å². The summed E-state index contributed by atoms with van der Waals surface area (Å²) >= 11 is 1.38. The van der Waals surface area contributed by atoms with E-state index < -0.39 is 0 Å². The number of nitrogens with one attached hydrogen (secondary N) is 1. The molecular weight excluding hydrogens is 277 g/mol. The van der Waals surface area contributed by atoms with Gasteiger partial charge >= 0.3 is 0 Å². The minimum atomic E-state index is -0.213. The lowest BCUT2D eigenvalue weighted by Crippen LogP contribution is -2.21. The standard InChI is InChI=1S/C14H16FN3OS/c1-9-10(6-7-16-9)14-17-13(18-19-14)8-20-12-5-3-2-4-11(12)15/h2-5,9-10,16H,6-8H2,1H3. The van der Waals surface area contributed by atoms with Crippen LogP contribution in [0.3, 0.4) is 0 Å². The molecular formula is C14H16FN3OS. The maximum atomic E-state index is 13.5. The van der Waals surface area contributed by atoms with Gasteiger partial charge in [-0.3, -0.25) is 0 Å². The molecule has 1 aliphatic rings. The highest BCUT2D eigenvalue weighted by atomic mass is 32.2. The molecule has 0 saturated carbocycles. The van der Waals surface area contributed by atoms with E-state index in [1.165, 1.54) is 17.8 Å². The quantitative estimate of drug-likeness (QED) is 0.878. The third-order valence-electron chi connectivity index (χ3n) is 3.52. The van der Waals surface area contributed by atoms with Crippen molar-refractivity contribution in [1.29, 1.82) is 0 Å². The fourth-order valence-corrected chi connectivity index (χ4v) is 3.16. The van der Waals surface area contributed by atoms with Crippen LogP contribution >= 0.6 is 11.8 Å². The van der Waals surface area contributed by atoms with Gasteiger partial charge in [0, 0.05) is 10.9 Å². The number of hydrogen-bond acceptors (Lipinski definition) is 5. The zero-order valence-corrected chi connectivity index (χ0v) is 12.0. The fourth-order valence-electron chi connectivity index (χ4n) is 2.38. The number of aromatic nitrogens is 2. The molecule has 1 aliphatic heterocycles. The van der Waals surface area contributed by atoms with Crippen LogP contribution in [0, 0.1) is 5.82 Å². The van der Waals surface area contributed by atoms with E-state index in [0.29, 0.717) is 28.4 Å². The van der Waals surface area contributed by atoms with Crippen LogP contribution in [-0.2, 0) is 5.75 Å². The summed E-state index contributed by atoms with van der Waals surface area (Å²) in [6.07, 6.45) is 1.02. The second kappa shape index (κ2) is 5.93. The van der Waals surface area contributed by atoms with E-state index in [1.54, 1.807) is 12.1 Å². The number of halogens is 1. The van der Waals surface area contributed by atoms with Crippen LogP contribution in [0.5, 0.6) is 0 Å². The molecule has 106 valence electrons. The SMILES string of the molecule is CC1NCCC1c1nc(CSc2ccccc2F)no1. The molecule has 0 radical (unpaired) electrons. The van der Waals surface area contributed by atoms with Crippen molar-refractivity contribution in [3.63, 3.8) is 0 Å². The van der Waals surface area contributed by atoms with Gasteiger partial charge in [0.05, 0.1) is 11.7 Å². The third-order valence-corrected chi connectivity index (χ3v) is 4.56.